The van der Waals surface area contributed by atoms with E-state index in [9.17, 15) is 15.0 Å². The van der Waals surface area contributed by atoms with Crippen LogP contribution in [-0.4, -0.2) is 60.9 Å². The fourth-order valence-electron chi connectivity index (χ4n) is 1.61. The standard InChI is InChI=1S/C8H12N4O5/c9-6(16)7-10-2-12(11-7)8-5(15)4(14)3(1-13)17-8/h2-5,8,13-15H,1H2,(H2,9,16)/t3-,4+,5?,8-/m0/s1. The Bertz CT molecular complexity index is 422. The van der Waals surface area contributed by atoms with Crippen LogP contribution in [0.15, 0.2) is 6.33 Å². The molecule has 1 unspecified atom stereocenters. The van der Waals surface area contributed by atoms with Crippen molar-refractivity contribution < 1.29 is 24.9 Å². The molecule has 94 valence electrons. The van der Waals surface area contributed by atoms with Gasteiger partial charge in [0.05, 0.1) is 6.61 Å². The number of primary amides is 1. The van der Waals surface area contributed by atoms with Crippen molar-refractivity contribution in [2.24, 2.45) is 5.73 Å². The molecule has 4 atom stereocenters. The molecule has 2 rings (SSSR count). The molecule has 0 radical (unpaired) electrons. The molecular weight excluding hydrogens is 232 g/mol. The number of carbonyl (C=O) groups is 1. The van der Waals surface area contributed by atoms with E-state index in [1.807, 2.05) is 0 Å². The molecule has 1 aromatic rings. The topological polar surface area (TPSA) is 144 Å². The number of hydrogen-bond donors (Lipinski definition) is 4. The Balaban J connectivity index is 2.19. The highest BCUT2D eigenvalue weighted by Crippen LogP contribution is 2.28. The van der Waals surface area contributed by atoms with Gasteiger partial charge in [0.1, 0.15) is 24.6 Å². The Kier molecular flexibility index (Phi) is 3.07. The minimum Gasteiger partial charge on any atom is -0.394 e. The van der Waals surface area contributed by atoms with Gasteiger partial charge in [0.2, 0.25) is 5.82 Å². The summed E-state index contributed by atoms with van der Waals surface area (Å²) in [4.78, 5) is 14.4. The molecule has 0 bridgehead atoms. The lowest BCUT2D eigenvalue weighted by molar-refractivity contribution is -0.0588. The van der Waals surface area contributed by atoms with Crippen molar-refractivity contribution in [3.63, 3.8) is 0 Å². The second-order valence-corrected chi connectivity index (χ2v) is 3.64. The van der Waals surface area contributed by atoms with Crippen LogP contribution >= 0.6 is 0 Å². The monoisotopic (exact) mass is 244 g/mol. The highest BCUT2D eigenvalue weighted by atomic mass is 16.6. The van der Waals surface area contributed by atoms with E-state index in [0.717, 1.165) is 11.0 Å². The van der Waals surface area contributed by atoms with Crippen LogP contribution in [0.25, 0.3) is 0 Å². The molecular formula is C8H12N4O5. The van der Waals surface area contributed by atoms with Crippen molar-refractivity contribution in [1.82, 2.24) is 14.8 Å². The first-order chi connectivity index (χ1) is 8.04. The van der Waals surface area contributed by atoms with E-state index in [-0.39, 0.29) is 5.82 Å². The molecule has 1 aliphatic rings. The van der Waals surface area contributed by atoms with Crippen LogP contribution in [0.5, 0.6) is 0 Å². The van der Waals surface area contributed by atoms with E-state index in [1.54, 1.807) is 0 Å². The van der Waals surface area contributed by atoms with Crippen molar-refractivity contribution in [2.75, 3.05) is 6.61 Å². The highest BCUT2D eigenvalue weighted by molar-refractivity contribution is 5.88. The van der Waals surface area contributed by atoms with E-state index in [4.69, 9.17) is 15.6 Å². The lowest BCUT2D eigenvalue weighted by atomic mass is 10.1. The van der Waals surface area contributed by atoms with Gasteiger partial charge in [-0.2, -0.15) is 0 Å². The predicted octanol–water partition coefficient (Wildman–Crippen LogP) is -3.01. The first-order valence-electron chi connectivity index (χ1n) is 4.88. The van der Waals surface area contributed by atoms with Gasteiger partial charge in [-0.15, -0.1) is 5.10 Å². The Morgan fingerprint density at radius 1 is 1.53 bits per heavy atom. The number of aliphatic hydroxyl groups is 3. The Morgan fingerprint density at radius 2 is 2.24 bits per heavy atom. The third kappa shape index (κ3) is 2.00. The molecule has 1 fully saturated rings. The summed E-state index contributed by atoms with van der Waals surface area (Å²) < 4.78 is 6.25. The first-order valence-corrected chi connectivity index (χ1v) is 4.88. The molecule has 1 amide bonds. The molecule has 9 nitrogen and oxygen atoms in total. The number of rotatable bonds is 3. The van der Waals surface area contributed by atoms with Crippen LogP contribution in [0.2, 0.25) is 0 Å². The quantitative estimate of drug-likeness (QED) is 0.443. The predicted molar refractivity (Wildman–Crippen MR) is 51.5 cm³/mol. The fraction of sp³-hybridized carbons (Fsp3) is 0.625. The largest absolute Gasteiger partial charge is 0.394 e. The molecule has 0 aromatic carbocycles. The van der Waals surface area contributed by atoms with Gasteiger partial charge in [-0.1, -0.05) is 0 Å². The average Bonchev–Trinajstić information content (AvgIpc) is 2.87. The second-order valence-electron chi connectivity index (χ2n) is 3.64. The molecule has 1 aromatic heterocycles. The summed E-state index contributed by atoms with van der Waals surface area (Å²) in [6.07, 6.45) is -3.26. The summed E-state index contributed by atoms with van der Waals surface area (Å²) in [5, 5.41) is 31.8. The number of aromatic nitrogens is 3. The molecule has 1 saturated heterocycles. The number of carbonyl (C=O) groups excluding carboxylic acids is 1. The maximum absolute atomic E-state index is 10.8. The van der Waals surface area contributed by atoms with Gasteiger partial charge in [-0.3, -0.25) is 4.79 Å². The lowest BCUT2D eigenvalue weighted by Crippen LogP contribution is -2.33. The second kappa shape index (κ2) is 4.37. The molecule has 9 heteroatoms. The van der Waals surface area contributed by atoms with Crippen LogP contribution in [0, 0.1) is 0 Å². The fourth-order valence-corrected chi connectivity index (χ4v) is 1.61. The SMILES string of the molecule is NC(=O)c1ncn([C@H]2O[C@@H](CO)[C@@H](O)C2O)n1. The third-order valence-electron chi connectivity index (χ3n) is 2.51. The minimum absolute atomic E-state index is 0.220. The first kappa shape index (κ1) is 11.9. The van der Waals surface area contributed by atoms with Gasteiger partial charge in [-0.25, -0.2) is 9.67 Å². The maximum Gasteiger partial charge on any atom is 0.288 e. The summed E-state index contributed by atoms with van der Waals surface area (Å²) >= 11 is 0. The van der Waals surface area contributed by atoms with Crippen LogP contribution in [0.3, 0.4) is 0 Å². The zero-order chi connectivity index (χ0) is 12.6. The smallest absolute Gasteiger partial charge is 0.288 e. The minimum atomic E-state index is -1.27. The summed E-state index contributed by atoms with van der Waals surface area (Å²) in [6, 6.07) is 0. The van der Waals surface area contributed by atoms with Crippen molar-refractivity contribution in [3.05, 3.63) is 12.2 Å². The van der Waals surface area contributed by atoms with Gasteiger partial charge in [0.15, 0.2) is 6.23 Å². The van der Waals surface area contributed by atoms with Crippen LogP contribution in [0.1, 0.15) is 16.8 Å². The maximum atomic E-state index is 10.8. The number of amides is 1. The van der Waals surface area contributed by atoms with Gasteiger partial charge in [0, 0.05) is 0 Å². The van der Waals surface area contributed by atoms with Gasteiger partial charge >= 0.3 is 0 Å². The average molecular weight is 244 g/mol. The highest BCUT2D eigenvalue weighted by Gasteiger charge is 2.43. The zero-order valence-electron chi connectivity index (χ0n) is 8.67. The van der Waals surface area contributed by atoms with Crippen LogP contribution in [0.4, 0.5) is 0 Å². The summed E-state index contributed by atoms with van der Waals surface area (Å²) in [6.45, 7) is -0.438. The van der Waals surface area contributed by atoms with E-state index in [2.05, 4.69) is 10.1 Å². The molecule has 0 spiro atoms. The Hall–Kier alpha value is -1.55. The molecule has 0 aliphatic carbocycles. The molecule has 5 N–H and O–H groups in total. The normalized spacial score (nSPS) is 32.9. The van der Waals surface area contributed by atoms with Gasteiger partial charge in [-0.05, 0) is 0 Å². The van der Waals surface area contributed by atoms with E-state index < -0.39 is 37.1 Å². The summed E-state index contributed by atoms with van der Waals surface area (Å²) in [5.74, 6) is -1.03. The van der Waals surface area contributed by atoms with Crippen LogP contribution < -0.4 is 5.73 Å². The summed E-state index contributed by atoms with van der Waals surface area (Å²) in [7, 11) is 0. The lowest BCUT2D eigenvalue weighted by Gasteiger charge is -2.13. The van der Waals surface area contributed by atoms with Gasteiger partial charge in [0.25, 0.3) is 5.91 Å². The van der Waals surface area contributed by atoms with E-state index >= 15 is 0 Å². The van der Waals surface area contributed by atoms with Gasteiger partial charge < -0.3 is 25.8 Å². The van der Waals surface area contributed by atoms with Crippen molar-refractivity contribution in [2.45, 2.75) is 24.5 Å². The molecule has 0 saturated carbocycles. The number of ether oxygens (including phenoxy) is 1. The zero-order valence-corrected chi connectivity index (χ0v) is 8.67. The Labute approximate surface area is 95.4 Å². The van der Waals surface area contributed by atoms with E-state index in [0.29, 0.717) is 0 Å². The molecule has 17 heavy (non-hydrogen) atoms. The number of nitrogens with zero attached hydrogens (tertiary/aromatic N) is 3. The third-order valence-corrected chi connectivity index (χ3v) is 2.51. The summed E-state index contributed by atoms with van der Waals surface area (Å²) in [5.41, 5.74) is 4.97. The molecule has 1 aliphatic heterocycles. The van der Waals surface area contributed by atoms with Crippen molar-refractivity contribution >= 4 is 5.91 Å². The number of nitrogens with two attached hydrogens (primary N) is 1. The van der Waals surface area contributed by atoms with Crippen LogP contribution in [-0.2, 0) is 4.74 Å². The van der Waals surface area contributed by atoms with E-state index in [1.165, 1.54) is 0 Å². The number of aliphatic hydroxyl groups excluding tert-OH is 3. The van der Waals surface area contributed by atoms with Crippen molar-refractivity contribution in [1.29, 1.82) is 0 Å². The van der Waals surface area contributed by atoms with Crippen molar-refractivity contribution in [3.8, 4) is 0 Å². The number of hydrogen-bond acceptors (Lipinski definition) is 7. The molecule has 2 heterocycles. The Morgan fingerprint density at radius 3 is 2.71 bits per heavy atom.